The number of benzene rings is 3. The average Bonchev–Trinajstić information content (AvgIpc) is 3.39. The molecule has 0 aliphatic rings. The van der Waals surface area contributed by atoms with Gasteiger partial charge in [0.15, 0.2) is 0 Å². The first kappa shape index (κ1) is 19.3. The Hall–Kier alpha value is -3.70. The minimum absolute atomic E-state index is 0.172. The molecule has 2 heterocycles. The van der Waals surface area contributed by atoms with E-state index in [1.807, 2.05) is 76.7 Å². The molecule has 1 N–H and O–H groups in total. The summed E-state index contributed by atoms with van der Waals surface area (Å²) in [6.07, 6.45) is 0. The second kappa shape index (κ2) is 8.20. The number of hydrogen-bond acceptors (Lipinski definition) is 2. The molecular weight excluding hydrogens is 407 g/mol. The lowest BCUT2D eigenvalue weighted by Gasteiger charge is -2.14. The molecule has 0 aliphatic heterocycles. The molecule has 0 saturated heterocycles. The molecule has 0 bridgehead atoms. The van der Waals surface area contributed by atoms with E-state index < -0.39 is 0 Å². The quantitative estimate of drug-likeness (QED) is 0.329. The maximum absolute atomic E-state index is 13.3. The number of nitrogens with one attached hydrogen (secondary N) is 1. The molecule has 3 nitrogen and oxygen atoms in total. The predicted octanol–water partition coefficient (Wildman–Crippen LogP) is 6.81. The molecule has 0 saturated carbocycles. The van der Waals surface area contributed by atoms with Gasteiger partial charge in [-0.3, -0.25) is 4.79 Å². The van der Waals surface area contributed by atoms with Crippen LogP contribution >= 0.6 is 11.3 Å². The number of aromatic nitrogens is 1. The molecule has 0 radical (unpaired) electrons. The van der Waals surface area contributed by atoms with E-state index in [2.05, 4.69) is 5.32 Å². The van der Waals surface area contributed by atoms with Gasteiger partial charge in [-0.25, -0.2) is 4.39 Å². The number of carbonyl (C=O) groups is 1. The SMILES string of the molecule is O=C(Nc1ccccc1-c1ccccc1)c1cc2sccc2n1Cc1ccc(F)cc1. The van der Waals surface area contributed by atoms with Crippen molar-refractivity contribution < 1.29 is 9.18 Å². The van der Waals surface area contributed by atoms with Crippen LogP contribution in [0.25, 0.3) is 21.3 Å². The average molecular weight is 427 g/mol. The topological polar surface area (TPSA) is 34.0 Å². The fourth-order valence-corrected chi connectivity index (χ4v) is 4.58. The van der Waals surface area contributed by atoms with Gasteiger partial charge in [-0.15, -0.1) is 11.3 Å². The summed E-state index contributed by atoms with van der Waals surface area (Å²) in [5.74, 6) is -0.443. The number of nitrogens with zero attached hydrogens (tertiary/aromatic N) is 1. The number of carbonyl (C=O) groups excluding carboxylic acids is 1. The van der Waals surface area contributed by atoms with Crippen molar-refractivity contribution in [3.63, 3.8) is 0 Å². The molecule has 31 heavy (non-hydrogen) atoms. The number of anilines is 1. The molecule has 0 fully saturated rings. The summed E-state index contributed by atoms with van der Waals surface area (Å²) in [4.78, 5) is 13.3. The second-order valence-electron chi connectivity index (χ2n) is 7.28. The van der Waals surface area contributed by atoms with Crippen LogP contribution in [0.15, 0.2) is 96.4 Å². The normalized spacial score (nSPS) is 11.0. The zero-order valence-electron chi connectivity index (χ0n) is 16.6. The van der Waals surface area contributed by atoms with Gasteiger partial charge in [0.1, 0.15) is 11.5 Å². The molecule has 152 valence electrons. The molecule has 2 aromatic heterocycles. The highest BCUT2D eigenvalue weighted by molar-refractivity contribution is 7.17. The fourth-order valence-electron chi connectivity index (χ4n) is 3.76. The first-order valence-corrected chi connectivity index (χ1v) is 10.8. The van der Waals surface area contributed by atoms with Gasteiger partial charge in [0.2, 0.25) is 0 Å². The van der Waals surface area contributed by atoms with Crippen molar-refractivity contribution in [2.24, 2.45) is 0 Å². The lowest BCUT2D eigenvalue weighted by molar-refractivity contribution is 0.101. The Morgan fingerprint density at radius 1 is 0.903 bits per heavy atom. The molecule has 0 unspecified atom stereocenters. The van der Waals surface area contributed by atoms with E-state index in [0.717, 1.165) is 32.6 Å². The highest BCUT2D eigenvalue weighted by atomic mass is 32.1. The summed E-state index contributed by atoms with van der Waals surface area (Å²) < 4.78 is 16.4. The van der Waals surface area contributed by atoms with Crippen LogP contribution in [-0.2, 0) is 6.54 Å². The largest absolute Gasteiger partial charge is 0.331 e. The number of rotatable bonds is 5. The summed E-state index contributed by atoms with van der Waals surface area (Å²) in [5.41, 5.74) is 5.28. The van der Waals surface area contributed by atoms with Gasteiger partial charge in [0.05, 0.1) is 10.2 Å². The van der Waals surface area contributed by atoms with Crippen LogP contribution in [0.5, 0.6) is 0 Å². The predicted molar refractivity (Wildman–Crippen MR) is 125 cm³/mol. The Bertz CT molecular complexity index is 1350. The highest BCUT2D eigenvalue weighted by Crippen LogP contribution is 2.30. The highest BCUT2D eigenvalue weighted by Gasteiger charge is 2.18. The summed E-state index contributed by atoms with van der Waals surface area (Å²) in [7, 11) is 0. The molecule has 5 heteroatoms. The number of amides is 1. The van der Waals surface area contributed by atoms with E-state index in [9.17, 15) is 9.18 Å². The monoisotopic (exact) mass is 426 g/mol. The van der Waals surface area contributed by atoms with Crippen LogP contribution in [-0.4, -0.2) is 10.5 Å². The minimum Gasteiger partial charge on any atom is -0.331 e. The van der Waals surface area contributed by atoms with Gasteiger partial charge in [-0.1, -0.05) is 60.7 Å². The van der Waals surface area contributed by atoms with E-state index in [1.54, 1.807) is 23.5 Å². The first-order chi connectivity index (χ1) is 15.2. The lowest BCUT2D eigenvalue weighted by atomic mass is 10.0. The number of para-hydroxylation sites is 1. The maximum atomic E-state index is 13.3. The van der Waals surface area contributed by atoms with Crippen molar-refractivity contribution in [2.45, 2.75) is 6.54 Å². The third kappa shape index (κ3) is 3.88. The van der Waals surface area contributed by atoms with Gasteiger partial charge in [0, 0.05) is 17.8 Å². The molecule has 0 aliphatic carbocycles. The van der Waals surface area contributed by atoms with Crippen LogP contribution < -0.4 is 5.32 Å². The van der Waals surface area contributed by atoms with E-state index in [-0.39, 0.29) is 11.7 Å². The van der Waals surface area contributed by atoms with E-state index in [4.69, 9.17) is 0 Å². The van der Waals surface area contributed by atoms with Crippen molar-refractivity contribution in [1.29, 1.82) is 0 Å². The lowest BCUT2D eigenvalue weighted by Crippen LogP contribution is -2.18. The van der Waals surface area contributed by atoms with Crippen LogP contribution in [0.4, 0.5) is 10.1 Å². The van der Waals surface area contributed by atoms with Crippen LogP contribution in [0.3, 0.4) is 0 Å². The number of halogens is 1. The van der Waals surface area contributed by atoms with Gasteiger partial charge in [-0.2, -0.15) is 0 Å². The van der Waals surface area contributed by atoms with Crippen molar-refractivity contribution in [3.05, 3.63) is 113 Å². The molecule has 0 spiro atoms. The van der Waals surface area contributed by atoms with Gasteiger partial charge in [0.25, 0.3) is 5.91 Å². The number of hydrogen-bond donors (Lipinski definition) is 1. The summed E-state index contributed by atoms with van der Waals surface area (Å²) in [6, 6.07) is 28.1. The molecule has 1 amide bonds. The third-order valence-corrected chi connectivity index (χ3v) is 6.12. The van der Waals surface area contributed by atoms with E-state index >= 15 is 0 Å². The molecular formula is C26H19FN2OS. The number of fused-ring (bicyclic) bond motifs is 1. The zero-order chi connectivity index (χ0) is 21.2. The molecule has 5 rings (SSSR count). The summed E-state index contributed by atoms with van der Waals surface area (Å²) >= 11 is 1.60. The molecule has 3 aromatic carbocycles. The Morgan fingerprint density at radius 3 is 2.45 bits per heavy atom. The smallest absolute Gasteiger partial charge is 0.272 e. The van der Waals surface area contributed by atoms with Crippen LogP contribution in [0.1, 0.15) is 16.1 Å². The van der Waals surface area contributed by atoms with Gasteiger partial charge >= 0.3 is 0 Å². The molecule has 5 aromatic rings. The van der Waals surface area contributed by atoms with Crippen molar-refractivity contribution in [2.75, 3.05) is 5.32 Å². The Labute approximate surface area is 183 Å². The minimum atomic E-state index is -0.271. The van der Waals surface area contributed by atoms with Crippen molar-refractivity contribution >= 4 is 33.1 Å². The third-order valence-electron chi connectivity index (χ3n) is 5.27. The maximum Gasteiger partial charge on any atom is 0.272 e. The second-order valence-corrected chi connectivity index (χ2v) is 8.23. The zero-order valence-corrected chi connectivity index (χ0v) is 17.4. The van der Waals surface area contributed by atoms with Crippen molar-refractivity contribution in [1.82, 2.24) is 4.57 Å². The van der Waals surface area contributed by atoms with Gasteiger partial charge in [-0.05, 0) is 46.8 Å². The first-order valence-electron chi connectivity index (χ1n) is 9.96. The van der Waals surface area contributed by atoms with E-state index in [1.165, 1.54) is 12.1 Å². The summed E-state index contributed by atoms with van der Waals surface area (Å²) in [6.45, 7) is 0.490. The van der Waals surface area contributed by atoms with E-state index in [0.29, 0.717) is 12.2 Å². The Kier molecular flexibility index (Phi) is 5.10. The molecule has 0 atom stereocenters. The van der Waals surface area contributed by atoms with Crippen LogP contribution in [0, 0.1) is 5.82 Å². The van der Waals surface area contributed by atoms with Crippen LogP contribution in [0.2, 0.25) is 0 Å². The Balaban J connectivity index is 1.50. The fraction of sp³-hybridized carbons (Fsp3) is 0.0385. The van der Waals surface area contributed by atoms with Crippen molar-refractivity contribution in [3.8, 4) is 11.1 Å². The Morgan fingerprint density at radius 2 is 1.65 bits per heavy atom. The standard InChI is InChI=1S/C26H19FN2OS/c27-20-12-10-18(11-13-20)17-29-23-14-15-31-25(23)16-24(29)26(30)28-22-9-5-4-8-21(22)19-6-2-1-3-7-19/h1-16H,17H2,(H,28,30). The summed E-state index contributed by atoms with van der Waals surface area (Å²) in [5, 5.41) is 5.11. The number of thiophene rings is 1. The van der Waals surface area contributed by atoms with Gasteiger partial charge < -0.3 is 9.88 Å².